The number of amides is 1. The minimum absolute atomic E-state index is 0.0318. The van der Waals surface area contributed by atoms with Crippen LogP contribution in [0, 0.1) is 0 Å². The van der Waals surface area contributed by atoms with E-state index in [1.807, 2.05) is 67.7 Å². The van der Waals surface area contributed by atoms with Gasteiger partial charge >= 0.3 is 0 Å². The molecule has 6 nitrogen and oxygen atoms in total. The molecule has 0 spiro atoms. The van der Waals surface area contributed by atoms with Gasteiger partial charge in [0.1, 0.15) is 11.3 Å². The van der Waals surface area contributed by atoms with E-state index in [0.717, 1.165) is 40.0 Å². The number of para-hydroxylation sites is 1. The van der Waals surface area contributed by atoms with Gasteiger partial charge in [-0.05, 0) is 36.2 Å². The fourth-order valence-corrected chi connectivity index (χ4v) is 3.27. The van der Waals surface area contributed by atoms with Gasteiger partial charge in [0.15, 0.2) is 5.76 Å². The maximum atomic E-state index is 12.1. The van der Waals surface area contributed by atoms with Gasteiger partial charge in [0.25, 0.3) is 5.91 Å². The molecule has 0 unspecified atom stereocenters. The van der Waals surface area contributed by atoms with Crippen molar-refractivity contribution >= 4 is 16.9 Å². The lowest BCUT2D eigenvalue weighted by Crippen LogP contribution is -2.24. The number of aromatic nitrogens is 2. The van der Waals surface area contributed by atoms with Crippen LogP contribution in [0.2, 0.25) is 0 Å². The second-order valence-electron chi connectivity index (χ2n) is 6.98. The first-order chi connectivity index (χ1) is 14.2. The Morgan fingerprint density at radius 3 is 2.86 bits per heavy atom. The molecule has 0 atom stereocenters. The van der Waals surface area contributed by atoms with Crippen molar-refractivity contribution in [3.63, 3.8) is 0 Å². The topological polar surface area (TPSA) is 83.0 Å². The third-order valence-corrected chi connectivity index (χ3v) is 4.76. The van der Waals surface area contributed by atoms with Crippen molar-refractivity contribution in [3.8, 4) is 11.5 Å². The zero-order chi connectivity index (χ0) is 20.1. The monoisotopic (exact) mass is 388 g/mol. The van der Waals surface area contributed by atoms with E-state index < -0.39 is 0 Å². The third-order valence-electron chi connectivity index (χ3n) is 4.76. The lowest BCUT2D eigenvalue weighted by molar-refractivity contribution is 0.0953. The molecule has 1 amide bonds. The van der Waals surface area contributed by atoms with Crippen LogP contribution in [0.1, 0.15) is 34.8 Å². The fraction of sp³-hybridized carbons (Fsp3) is 0.217. The number of hydrogen-bond acceptors (Lipinski definition) is 4. The van der Waals surface area contributed by atoms with E-state index >= 15 is 0 Å². The predicted octanol–water partition coefficient (Wildman–Crippen LogP) is 4.25. The summed E-state index contributed by atoms with van der Waals surface area (Å²) in [7, 11) is 0. The van der Waals surface area contributed by atoms with Gasteiger partial charge in [-0.2, -0.15) is 5.10 Å². The number of rotatable bonds is 8. The summed E-state index contributed by atoms with van der Waals surface area (Å²) in [6, 6.07) is 17.6. The Balaban J connectivity index is 1.41. The number of fused-ring (bicyclic) bond motifs is 1. The fourth-order valence-electron chi connectivity index (χ4n) is 3.27. The van der Waals surface area contributed by atoms with Crippen molar-refractivity contribution in [3.05, 3.63) is 77.5 Å². The number of aromatic amines is 1. The lowest BCUT2D eigenvalue weighted by atomic mass is 10.1. The molecule has 4 aromatic rings. The van der Waals surface area contributed by atoms with Crippen LogP contribution in [-0.2, 0) is 13.1 Å². The van der Waals surface area contributed by atoms with Gasteiger partial charge < -0.3 is 15.1 Å². The highest BCUT2D eigenvalue weighted by Gasteiger charge is 2.12. The highest BCUT2D eigenvalue weighted by Crippen LogP contribution is 2.28. The Morgan fingerprint density at radius 2 is 2.00 bits per heavy atom. The molecule has 0 saturated heterocycles. The molecule has 0 fully saturated rings. The minimum Gasteiger partial charge on any atom is -0.454 e. The average Bonchev–Trinajstić information content (AvgIpc) is 3.38. The summed E-state index contributed by atoms with van der Waals surface area (Å²) in [5.74, 6) is 0.741. The van der Waals surface area contributed by atoms with Crippen LogP contribution in [0.3, 0.4) is 0 Å². The second-order valence-corrected chi connectivity index (χ2v) is 6.98. The van der Waals surface area contributed by atoms with Crippen LogP contribution in [-0.4, -0.2) is 22.6 Å². The Kier molecular flexibility index (Phi) is 5.72. The van der Waals surface area contributed by atoms with E-state index in [9.17, 15) is 4.79 Å². The molecule has 2 aromatic carbocycles. The van der Waals surface area contributed by atoms with Crippen molar-refractivity contribution in [1.82, 2.24) is 20.8 Å². The Bertz CT molecular complexity index is 1080. The summed E-state index contributed by atoms with van der Waals surface area (Å²) in [5, 5.41) is 14.6. The number of carbonyl (C=O) groups is 1. The van der Waals surface area contributed by atoms with Gasteiger partial charge in [-0.25, -0.2) is 0 Å². The van der Waals surface area contributed by atoms with Gasteiger partial charge in [0.2, 0.25) is 0 Å². The largest absolute Gasteiger partial charge is 0.454 e. The molecule has 6 heteroatoms. The molecule has 0 aliphatic carbocycles. The first kappa shape index (κ1) is 19.0. The molecule has 2 aromatic heterocycles. The maximum absolute atomic E-state index is 12.1. The van der Waals surface area contributed by atoms with Crippen molar-refractivity contribution in [2.24, 2.45) is 0 Å². The smallest absolute Gasteiger partial charge is 0.251 e. The Hall–Kier alpha value is -3.38. The van der Waals surface area contributed by atoms with E-state index in [4.69, 9.17) is 4.42 Å². The number of furan rings is 1. The highest BCUT2D eigenvalue weighted by atomic mass is 16.3. The van der Waals surface area contributed by atoms with Crippen molar-refractivity contribution in [2.75, 3.05) is 6.54 Å². The molecule has 0 aliphatic heterocycles. The second kappa shape index (κ2) is 8.75. The van der Waals surface area contributed by atoms with Crippen molar-refractivity contribution < 1.29 is 9.21 Å². The highest BCUT2D eigenvalue weighted by molar-refractivity contribution is 5.94. The minimum atomic E-state index is -0.0318. The van der Waals surface area contributed by atoms with Crippen LogP contribution >= 0.6 is 0 Å². The summed E-state index contributed by atoms with van der Waals surface area (Å²) in [5.41, 5.74) is 4.50. The number of hydrogen-bond donors (Lipinski definition) is 3. The van der Waals surface area contributed by atoms with E-state index in [-0.39, 0.29) is 5.91 Å². The molecule has 0 bridgehead atoms. The summed E-state index contributed by atoms with van der Waals surface area (Å²) in [4.78, 5) is 12.1. The molecule has 2 heterocycles. The number of benzene rings is 2. The zero-order valence-corrected chi connectivity index (χ0v) is 16.4. The summed E-state index contributed by atoms with van der Waals surface area (Å²) in [6.45, 7) is 4.01. The van der Waals surface area contributed by atoms with E-state index in [2.05, 4.69) is 20.8 Å². The summed E-state index contributed by atoms with van der Waals surface area (Å²) < 4.78 is 5.95. The molecule has 0 radical (unpaired) electrons. The normalized spacial score (nSPS) is 11.1. The van der Waals surface area contributed by atoms with Crippen LogP contribution < -0.4 is 10.6 Å². The van der Waals surface area contributed by atoms with E-state index in [0.29, 0.717) is 25.2 Å². The molecule has 0 saturated carbocycles. The van der Waals surface area contributed by atoms with Gasteiger partial charge in [0, 0.05) is 36.1 Å². The number of nitrogens with zero attached hydrogens (tertiary/aromatic N) is 1. The third kappa shape index (κ3) is 4.38. The summed E-state index contributed by atoms with van der Waals surface area (Å²) in [6.07, 6.45) is 2.73. The predicted molar refractivity (Wildman–Crippen MR) is 113 cm³/mol. The lowest BCUT2D eigenvalue weighted by Gasteiger charge is -2.08. The van der Waals surface area contributed by atoms with Crippen molar-refractivity contribution in [1.29, 1.82) is 0 Å². The van der Waals surface area contributed by atoms with E-state index in [1.54, 1.807) is 0 Å². The molecule has 0 aliphatic rings. The number of H-pyrrole nitrogens is 1. The van der Waals surface area contributed by atoms with Gasteiger partial charge in [-0.3, -0.25) is 9.89 Å². The van der Waals surface area contributed by atoms with Crippen LogP contribution in [0.15, 0.2) is 65.2 Å². The molecular formula is C23H24N4O2. The van der Waals surface area contributed by atoms with Crippen LogP contribution in [0.4, 0.5) is 0 Å². The van der Waals surface area contributed by atoms with Crippen molar-refractivity contribution in [2.45, 2.75) is 26.4 Å². The first-order valence-electron chi connectivity index (χ1n) is 9.83. The summed E-state index contributed by atoms with van der Waals surface area (Å²) >= 11 is 0. The van der Waals surface area contributed by atoms with Gasteiger partial charge in [-0.15, -0.1) is 0 Å². The van der Waals surface area contributed by atoms with E-state index in [1.165, 1.54) is 0 Å². The van der Waals surface area contributed by atoms with Crippen LogP contribution in [0.5, 0.6) is 0 Å². The molecule has 148 valence electrons. The SMILES string of the molecule is CCCNC(=O)c1cccc(CNCc2cn[nH]c2-c2cc3ccccc3o2)c1. The zero-order valence-electron chi connectivity index (χ0n) is 16.4. The Morgan fingerprint density at radius 1 is 1.10 bits per heavy atom. The Labute approximate surface area is 169 Å². The number of nitrogens with one attached hydrogen (secondary N) is 3. The molecular weight excluding hydrogens is 364 g/mol. The first-order valence-corrected chi connectivity index (χ1v) is 9.83. The quantitative estimate of drug-likeness (QED) is 0.421. The molecule has 4 rings (SSSR count). The molecule has 3 N–H and O–H groups in total. The maximum Gasteiger partial charge on any atom is 0.251 e. The number of carbonyl (C=O) groups excluding carboxylic acids is 1. The van der Waals surface area contributed by atoms with Gasteiger partial charge in [0.05, 0.1) is 6.20 Å². The average molecular weight is 388 g/mol. The molecule has 29 heavy (non-hydrogen) atoms. The standard InChI is InChI=1S/C23H24N4O2/c1-2-10-25-23(28)18-8-5-6-16(11-18)13-24-14-19-15-26-27-22(19)21-12-17-7-3-4-9-20(17)29-21/h3-9,11-12,15,24H,2,10,13-14H2,1H3,(H,25,28)(H,26,27). The van der Waals surface area contributed by atoms with Gasteiger partial charge in [-0.1, -0.05) is 37.3 Å². The van der Waals surface area contributed by atoms with Crippen LogP contribution in [0.25, 0.3) is 22.4 Å².